The normalized spacial score (nSPS) is 21.5. The van der Waals surface area contributed by atoms with Crippen LogP contribution in [0.5, 0.6) is 0 Å². The highest BCUT2D eigenvalue weighted by Crippen LogP contribution is 2.61. The highest BCUT2D eigenvalue weighted by Gasteiger charge is 2.86. The second-order valence-electron chi connectivity index (χ2n) is 8.16. The Morgan fingerprint density at radius 2 is 0.585 bits per heavy atom. The van der Waals surface area contributed by atoms with E-state index in [0.717, 1.165) is 0 Å². The fourth-order valence-electron chi connectivity index (χ4n) is 3.04. The van der Waals surface area contributed by atoms with Crippen molar-refractivity contribution in [3.8, 4) is 0 Å². The lowest BCUT2D eigenvalue weighted by Gasteiger charge is -2.46. The van der Waals surface area contributed by atoms with E-state index in [9.17, 15) is 105 Å². The molecule has 248 valence electrons. The average Bonchev–Trinajstić information content (AvgIpc) is 2.71. The zero-order valence-corrected chi connectivity index (χ0v) is 18.8. The third-order valence-corrected chi connectivity index (χ3v) is 5.53. The molecule has 0 aromatic heterocycles. The standard InChI is InChI=1S/C16H10F24O/c1-3(7(19,20)5(17)11(25,26)27)9(23,13(31,32)33)15(37,38)41-16(39,40)10(24,14(34,35)36)4(2)8(21,22)6(18)12(28,29)30/h3-6H,1-2H3. The number of hydrogen-bond donors (Lipinski definition) is 0. The third-order valence-electron chi connectivity index (χ3n) is 5.53. The molecule has 0 saturated heterocycles. The molecular formula is C16H10F24O. The molecule has 41 heavy (non-hydrogen) atoms. The van der Waals surface area contributed by atoms with Gasteiger partial charge in [-0.25, -0.2) is 39.9 Å². The first kappa shape index (κ1) is 39.3. The predicted molar refractivity (Wildman–Crippen MR) is 80.9 cm³/mol. The molecule has 0 fully saturated rings. The van der Waals surface area contributed by atoms with Gasteiger partial charge in [-0.2, -0.15) is 70.2 Å². The Morgan fingerprint density at radius 3 is 0.732 bits per heavy atom. The van der Waals surface area contributed by atoms with Crippen molar-refractivity contribution in [1.29, 1.82) is 0 Å². The van der Waals surface area contributed by atoms with Crippen LogP contribution in [0.3, 0.4) is 0 Å². The van der Waals surface area contributed by atoms with Crippen LogP contribution in [-0.2, 0) is 4.74 Å². The summed E-state index contributed by atoms with van der Waals surface area (Å²) in [5.74, 6) is -25.5. The number of rotatable bonds is 10. The van der Waals surface area contributed by atoms with Gasteiger partial charge >= 0.3 is 48.3 Å². The fourth-order valence-corrected chi connectivity index (χ4v) is 3.04. The first-order chi connectivity index (χ1) is 17.3. The number of alkyl halides is 24. The highest BCUT2D eigenvalue weighted by molar-refractivity contribution is 5.10. The van der Waals surface area contributed by atoms with Gasteiger partial charge in [-0.15, -0.1) is 0 Å². The molecule has 6 atom stereocenters. The molecule has 0 aliphatic rings. The summed E-state index contributed by atoms with van der Waals surface area (Å²) in [6.45, 7) is -2.80. The number of halogens is 24. The van der Waals surface area contributed by atoms with Crippen LogP contribution in [0.4, 0.5) is 105 Å². The van der Waals surface area contributed by atoms with E-state index in [0.29, 0.717) is 0 Å². The largest absolute Gasteiger partial charge is 0.431 e. The molecule has 0 aliphatic heterocycles. The van der Waals surface area contributed by atoms with Gasteiger partial charge in [-0.1, -0.05) is 13.8 Å². The maximum Gasteiger partial charge on any atom is 0.431 e. The van der Waals surface area contributed by atoms with Crippen molar-refractivity contribution in [3.05, 3.63) is 0 Å². The van der Waals surface area contributed by atoms with Crippen LogP contribution < -0.4 is 0 Å². The zero-order chi connectivity index (χ0) is 34.0. The fraction of sp³-hybridized carbons (Fsp3) is 1.00. The average molecular weight is 674 g/mol. The van der Waals surface area contributed by atoms with E-state index in [1.165, 1.54) is 4.74 Å². The summed E-state index contributed by atoms with van der Waals surface area (Å²) in [5, 5.41) is 0. The van der Waals surface area contributed by atoms with Gasteiger partial charge in [0.25, 0.3) is 24.2 Å². The van der Waals surface area contributed by atoms with Crippen molar-refractivity contribution in [2.24, 2.45) is 11.8 Å². The molecule has 0 N–H and O–H groups in total. The van der Waals surface area contributed by atoms with Gasteiger partial charge in [0, 0.05) is 0 Å². The SMILES string of the molecule is CC(C(F)(F)C(F)C(F)(F)F)C(F)(C(F)(F)F)C(F)(F)OC(F)(F)C(F)(C(C)C(F)(F)C(F)C(F)(F)F)C(F)(F)F. The molecule has 0 heterocycles. The third kappa shape index (κ3) is 6.47. The van der Waals surface area contributed by atoms with E-state index < -0.39 is 98.1 Å². The molecule has 25 heteroatoms. The molecule has 0 aromatic rings. The molecule has 0 spiro atoms. The molecule has 6 unspecified atom stereocenters. The second-order valence-corrected chi connectivity index (χ2v) is 8.16. The van der Waals surface area contributed by atoms with Gasteiger partial charge in [0.2, 0.25) is 0 Å². The van der Waals surface area contributed by atoms with Gasteiger partial charge in [-0.3, -0.25) is 0 Å². The Bertz CT molecular complexity index is 823. The van der Waals surface area contributed by atoms with Gasteiger partial charge in [0.1, 0.15) is 0 Å². The summed E-state index contributed by atoms with van der Waals surface area (Å²) in [6.07, 6.45) is -58.6. The highest BCUT2D eigenvalue weighted by atomic mass is 19.4. The Balaban J connectivity index is 7.30. The summed E-state index contributed by atoms with van der Waals surface area (Å²) >= 11 is 0. The molecule has 1 nitrogen and oxygen atoms in total. The predicted octanol–water partition coefficient (Wildman–Crippen LogP) is 9.07. The number of hydrogen-bond acceptors (Lipinski definition) is 1. The molecule has 0 bridgehead atoms. The Hall–Kier alpha value is -1.72. The first-order valence-corrected chi connectivity index (χ1v) is 9.47. The first-order valence-electron chi connectivity index (χ1n) is 9.47. The Kier molecular flexibility index (Phi) is 10.0. The van der Waals surface area contributed by atoms with Gasteiger partial charge in [0.05, 0.1) is 11.8 Å². The monoisotopic (exact) mass is 674 g/mol. The van der Waals surface area contributed by atoms with E-state index in [4.69, 9.17) is 0 Å². The Labute approximate surface area is 209 Å². The number of ether oxygens (including phenoxy) is 1. The van der Waals surface area contributed by atoms with E-state index >= 15 is 0 Å². The minimum absolute atomic E-state index is 1.40. The van der Waals surface area contributed by atoms with Crippen molar-refractivity contribution in [3.63, 3.8) is 0 Å². The van der Waals surface area contributed by atoms with Crippen LogP contribution in [0.25, 0.3) is 0 Å². The molecular weight excluding hydrogens is 664 g/mol. The van der Waals surface area contributed by atoms with E-state index in [-0.39, 0.29) is 0 Å². The van der Waals surface area contributed by atoms with Crippen molar-refractivity contribution in [2.45, 2.75) is 86.3 Å². The van der Waals surface area contributed by atoms with E-state index in [1.54, 1.807) is 0 Å². The molecule has 0 saturated carbocycles. The van der Waals surface area contributed by atoms with Gasteiger partial charge < -0.3 is 0 Å². The van der Waals surface area contributed by atoms with E-state index in [1.807, 2.05) is 0 Å². The molecule has 0 aliphatic carbocycles. The van der Waals surface area contributed by atoms with Crippen molar-refractivity contribution < 1.29 is 110 Å². The minimum atomic E-state index is -8.24. The quantitative estimate of drug-likeness (QED) is 0.210. The Morgan fingerprint density at radius 1 is 0.390 bits per heavy atom. The molecule has 0 aromatic carbocycles. The lowest BCUT2D eigenvalue weighted by molar-refractivity contribution is -0.501. The summed E-state index contributed by atoms with van der Waals surface area (Å²) in [5.41, 5.74) is -15.8. The van der Waals surface area contributed by atoms with Crippen LogP contribution in [0.2, 0.25) is 0 Å². The van der Waals surface area contributed by atoms with Crippen molar-refractivity contribution in [2.75, 3.05) is 0 Å². The zero-order valence-electron chi connectivity index (χ0n) is 18.8. The second kappa shape index (κ2) is 10.5. The van der Waals surface area contributed by atoms with E-state index in [2.05, 4.69) is 0 Å². The smallest absolute Gasteiger partial charge is 0.250 e. The lowest BCUT2D eigenvalue weighted by atomic mass is 9.80. The minimum Gasteiger partial charge on any atom is -0.250 e. The van der Waals surface area contributed by atoms with Gasteiger partial charge in [0.15, 0.2) is 0 Å². The van der Waals surface area contributed by atoms with Crippen LogP contribution >= 0.6 is 0 Å². The van der Waals surface area contributed by atoms with Crippen LogP contribution in [-0.4, -0.2) is 72.4 Å². The molecule has 0 amide bonds. The van der Waals surface area contributed by atoms with Crippen molar-refractivity contribution in [1.82, 2.24) is 0 Å². The summed E-state index contributed by atoms with van der Waals surface area (Å²) in [7, 11) is 0. The molecule has 0 rings (SSSR count). The van der Waals surface area contributed by atoms with Gasteiger partial charge in [-0.05, 0) is 0 Å². The summed E-state index contributed by atoms with van der Waals surface area (Å²) in [4.78, 5) is 0. The van der Waals surface area contributed by atoms with Crippen molar-refractivity contribution >= 4 is 0 Å². The topological polar surface area (TPSA) is 9.23 Å². The van der Waals surface area contributed by atoms with Crippen LogP contribution in [0.1, 0.15) is 13.8 Å². The summed E-state index contributed by atoms with van der Waals surface area (Å²) < 4.78 is 320. The van der Waals surface area contributed by atoms with Crippen LogP contribution in [0, 0.1) is 11.8 Å². The summed E-state index contributed by atoms with van der Waals surface area (Å²) in [6, 6.07) is 0. The molecule has 0 radical (unpaired) electrons. The lowest BCUT2D eigenvalue weighted by Crippen LogP contribution is -2.71. The van der Waals surface area contributed by atoms with Crippen LogP contribution in [0.15, 0.2) is 0 Å². The maximum atomic E-state index is 14.5. The maximum absolute atomic E-state index is 14.5.